The number of nitrogens with zero attached hydrogens (tertiary/aromatic N) is 1. The fourth-order valence-electron chi connectivity index (χ4n) is 2.04. The van der Waals surface area contributed by atoms with Crippen LogP contribution in [0.4, 0.5) is 5.69 Å². The molecular formula is C14H16N4O2S. The molecule has 4 N–H and O–H groups in total. The van der Waals surface area contributed by atoms with Crippen LogP contribution in [0.25, 0.3) is 10.1 Å². The van der Waals surface area contributed by atoms with Crippen molar-refractivity contribution < 1.29 is 9.59 Å². The minimum atomic E-state index is -0.243. The van der Waals surface area contributed by atoms with E-state index in [1.165, 1.54) is 11.3 Å². The molecule has 0 saturated heterocycles. The molecule has 7 heteroatoms. The highest BCUT2D eigenvalue weighted by Crippen LogP contribution is 2.32. The largest absolute Gasteiger partial charge is 0.397 e. The van der Waals surface area contributed by atoms with Crippen molar-refractivity contribution in [3.8, 4) is 0 Å². The van der Waals surface area contributed by atoms with Crippen molar-refractivity contribution in [3.05, 3.63) is 23.3 Å². The van der Waals surface area contributed by atoms with Crippen LogP contribution in [-0.2, 0) is 4.79 Å². The highest BCUT2D eigenvalue weighted by Gasteiger charge is 2.23. The molecule has 2 amide bonds. The van der Waals surface area contributed by atoms with Gasteiger partial charge in [-0.25, -0.2) is 0 Å². The summed E-state index contributed by atoms with van der Waals surface area (Å²) in [5.41, 5.74) is 6.46. The van der Waals surface area contributed by atoms with Crippen LogP contribution >= 0.6 is 11.3 Å². The molecule has 3 rings (SSSR count). The Hall–Kier alpha value is -2.15. The van der Waals surface area contributed by atoms with Gasteiger partial charge in [-0.1, -0.05) is 0 Å². The number of carbonyl (C=O) groups excluding carboxylic acids is 2. The van der Waals surface area contributed by atoms with Crippen LogP contribution in [0.1, 0.15) is 28.9 Å². The van der Waals surface area contributed by atoms with Crippen molar-refractivity contribution in [2.24, 2.45) is 0 Å². The van der Waals surface area contributed by atoms with Gasteiger partial charge in [0.05, 0.1) is 10.4 Å². The van der Waals surface area contributed by atoms with Gasteiger partial charge in [0.1, 0.15) is 4.88 Å². The van der Waals surface area contributed by atoms with E-state index in [2.05, 4.69) is 15.6 Å². The Bertz CT molecular complexity index is 693. The first kappa shape index (κ1) is 13.8. The molecule has 2 heterocycles. The predicted octanol–water partition coefficient (Wildman–Crippen LogP) is 1.28. The number of aromatic nitrogens is 1. The van der Waals surface area contributed by atoms with Crippen molar-refractivity contribution in [3.63, 3.8) is 0 Å². The minimum absolute atomic E-state index is 0.0219. The lowest BCUT2D eigenvalue weighted by Gasteiger charge is -2.05. The van der Waals surface area contributed by atoms with E-state index >= 15 is 0 Å². The van der Waals surface area contributed by atoms with Crippen molar-refractivity contribution in [2.45, 2.75) is 25.3 Å². The van der Waals surface area contributed by atoms with Gasteiger partial charge in [0.2, 0.25) is 5.91 Å². The molecule has 0 bridgehead atoms. The smallest absolute Gasteiger partial charge is 0.263 e. The number of hydrogen-bond donors (Lipinski definition) is 3. The first-order valence-corrected chi connectivity index (χ1v) is 7.66. The van der Waals surface area contributed by atoms with E-state index in [-0.39, 0.29) is 18.2 Å². The molecule has 1 aliphatic carbocycles. The topological polar surface area (TPSA) is 97.1 Å². The van der Waals surface area contributed by atoms with Gasteiger partial charge in [-0.3, -0.25) is 14.6 Å². The average molecular weight is 304 g/mol. The molecular weight excluding hydrogens is 288 g/mol. The molecule has 110 valence electrons. The average Bonchev–Trinajstić information content (AvgIpc) is 3.21. The van der Waals surface area contributed by atoms with Crippen LogP contribution < -0.4 is 16.4 Å². The van der Waals surface area contributed by atoms with E-state index in [0.717, 1.165) is 22.9 Å². The molecule has 0 unspecified atom stereocenters. The fraction of sp³-hybridized carbons (Fsp3) is 0.357. The van der Waals surface area contributed by atoms with Crippen LogP contribution in [0.5, 0.6) is 0 Å². The fourth-order valence-corrected chi connectivity index (χ4v) is 3.04. The quantitative estimate of drug-likeness (QED) is 0.775. The van der Waals surface area contributed by atoms with Gasteiger partial charge < -0.3 is 16.4 Å². The molecule has 2 aromatic heterocycles. The standard InChI is InChI=1S/C14H16N4O2S/c15-12-9-3-5-16-7-10(9)21-13(12)14(20)17-6-4-11(19)18-8-1-2-8/h3,5,7-8H,1-2,4,6,15H2,(H,17,20)(H,18,19). The maximum atomic E-state index is 12.1. The Labute approximate surface area is 125 Å². The van der Waals surface area contributed by atoms with Gasteiger partial charge in [0.25, 0.3) is 5.91 Å². The van der Waals surface area contributed by atoms with Crippen LogP contribution in [0.3, 0.4) is 0 Å². The second-order valence-corrected chi connectivity index (χ2v) is 6.12. The second-order valence-electron chi connectivity index (χ2n) is 5.06. The summed E-state index contributed by atoms with van der Waals surface area (Å²) in [6.45, 7) is 0.309. The molecule has 1 fully saturated rings. The lowest BCUT2D eigenvalue weighted by atomic mass is 10.2. The number of thiophene rings is 1. The van der Waals surface area contributed by atoms with Crippen molar-refractivity contribution in [1.29, 1.82) is 0 Å². The van der Waals surface area contributed by atoms with Crippen LogP contribution in [0.2, 0.25) is 0 Å². The molecule has 0 aliphatic heterocycles. The Balaban J connectivity index is 1.58. The first-order chi connectivity index (χ1) is 10.1. The lowest BCUT2D eigenvalue weighted by Crippen LogP contribution is -2.31. The molecule has 1 aliphatic rings. The number of pyridine rings is 1. The summed E-state index contributed by atoms with van der Waals surface area (Å²) < 4.78 is 0.881. The molecule has 0 atom stereocenters. The van der Waals surface area contributed by atoms with Gasteiger partial charge >= 0.3 is 0 Å². The van der Waals surface area contributed by atoms with E-state index in [4.69, 9.17) is 5.73 Å². The summed E-state index contributed by atoms with van der Waals surface area (Å²) in [6.07, 6.45) is 5.75. The number of fused-ring (bicyclic) bond motifs is 1. The number of carbonyl (C=O) groups is 2. The van der Waals surface area contributed by atoms with E-state index in [1.54, 1.807) is 18.5 Å². The van der Waals surface area contributed by atoms with Gasteiger partial charge in [-0.2, -0.15) is 0 Å². The molecule has 6 nitrogen and oxygen atoms in total. The zero-order valence-corrected chi connectivity index (χ0v) is 12.2. The van der Waals surface area contributed by atoms with Crippen LogP contribution in [-0.4, -0.2) is 29.4 Å². The Morgan fingerprint density at radius 3 is 2.95 bits per heavy atom. The minimum Gasteiger partial charge on any atom is -0.397 e. The van der Waals surface area contributed by atoms with Crippen molar-refractivity contribution >= 4 is 38.9 Å². The molecule has 21 heavy (non-hydrogen) atoms. The highest BCUT2D eigenvalue weighted by molar-refractivity contribution is 7.21. The van der Waals surface area contributed by atoms with Crippen LogP contribution in [0.15, 0.2) is 18.5 Å². The third-order valence-electron chi connectivity index (χ3n) is 3.32. The third kappa shape index (κ3) is 3.13. The third-order valence-corrected chi connectivity index (χ3v) is 4.47. The van der Waals surface area contributed by atoms with Crippen molar-refractivity contribution in [2.75, 3.05) is 12.3 Å². The van der Waals surface area contributed by atoms with Gasteiger partial charge in [0, 0.05) is 36.8 Å². The monoisotopic (exact) mass is 304 g/mol. The van der Waals surface area contributed by atoms with Gasteiger partial charge in [-0.05, 0) is 18.9 Å². The van der Waals surface area contributed by atoms with E-state index in [0.29, 0.717) is 23.2 Å². The number of hydrogen-bond acceptors (Lipinski definition) is 5. The zero-order chi connectivity index (χ0) is 14.8. The maximum absolute atomic E-state index is 12.1. The maximum Gasteiger partial charge on any atom is 0.263 e. The van der Waals surface area contributed by atoms with Gasteiger partial charge in [0.15, 0.2) is 0 Å². The summed E-state index contributed by atoms with van der Waals surface area (Å²) in [4.78, 5) is 28.1. The Morgan fingerprint density at radius 2 is 2.24 bits per heavy atom. The molecule has 2 aromatic rings. The molecule has 1 saturated carbocycles. The Morgan fingerprint density at radius 1 is 1.43 bits per heavy atom. The molecule has 0 spiro atoms. The predicted molar refractivity (Wildman–Crippen MR) is 82.1 cm³/mol. The lowest BCUT2D eigenvalue weighted by molar-refractivity contribution is -0.121. The van der Waals surface area contributed by atoms with E-state index in [9.17, 15) is 9.59 Å². The second kappa shape index (κ2) is 5.69. The summed E-state index contributed by atoms with van der Waals surface area (Å²) >= 11 is 1.31. The number of nitrogen functional groups attached to an aromatic ring is 1. The molecule has 0 aromatic carbocycles. The van der Waals surface area contributed by atoms with Gasteiger partial charge in [-0.15, -0.1) is 11.3 Å². The highest BCUT2D eigenvalue weighted by atomic mass is 32.1. The van der Waals surface area contributed by atoms with E-state index < -0.39 is 0 Å². The number of anilines is 1. The number of amides is 2. The van der Waals surface area contributed by atoms with E-state index in [1.807, 2.05) is 0 Å². The first-order valence-electron chi connectivity index (χ1n) is 6.84. The summed E-state index contributed by atoms with van der Waals surface area (Å²) in [7, 11) is 0. The summed E-state index contributed by atoms with van der Waals surface area (Å²) in [6, 6.07) is 2.14. The van der Waals surface area contributed by atoms with Crippen LogP contribution in [0, 0.1) is 0 Å². The molecule has 0 radical (unpaired) electrons. The normalized spacial score (nSPS) is 14.1. The summed E-state index contributed by atoms with van der Waals surface area (Å²) in [5.74, 6) is -0.265. The summed E-state index contributed by atoms with van der Waals surface area (Å²) in [5, 5.41) is 6.45. The zero-order valence-electron chi connectivity index (χ0n) is 11.4. The number of nitrogens with two attached hydrogens (primary N) is 1. The number of nitrogens with one attached hydrogen (secondary N) is 2. The SMILES string of the molecule is Nc1c(C(=O)NCCC(=O)NC2CC2)sc2cnccc12. The van der Waals surface area contributed by atoms with Crippen molar-refractivity contribution in [1.82, 2.24) is 15.6 Å². The Kier molecular flexibility index (Phi) is 3.74. The number of rotatable bonds is 5.